The Morgan fingerprint density at radius 3 is 2.39 bits per heavy atom. The van der Waals surface area contributed by atoms with Crippen LogP contribution in [0.15, 0.2) is 0 Å². The molecule has 1 rings (SSSR count). The normalized spacial score (nSPS) is 22.0. The number of hydrogen-bond acceptors (Lipinski definition) is 5. The highest BCUT2D eigenvalue weighted by atomic mass is 28.3. The highest BCUT2D eigenvalue weighted by molar-refractivity contribution is 6.76. The Morgan fingerprint density at radius 1 is 1.26 bits per heavy atom. The van der Waals surface area contributed by atoms with E-state index in [0.29, 0.717) is 19.7 Å². The summed E-state index contributed by atoms with van der Waals surface area (Å²) >= 11 is 0. The van der Waals surface area contributed by atoms with Crippen LogP contribution in [-0.2, 0) is 9.47 Å². The largest absolute Gasteiger partial charge is 0.450 e. The standard InChI is InChI=1S/C15H31N3O4Si/c1-15(2,3)22-14(20)18-9-11(16)12(10-18)17-13(19)21-7-8-23(4,5)6/h11-12H,7-10,16H2,1-6H3,(H,17,19). The fraction of sp³-hybridized carbons (Fsp3) is 0.867. The molecule has 23 heavy (non-hydrogen) atoms. The Hall–Kier alpha value is -1.28. The van der Waals surface area contributed by atoms with Crippen LogP contribution in [0.4, 0.5) is 9.59 Å². The van der Waals surface area contributed by atoms with Gasteiger partial charge in [0.1, 0.15) is 5.60 Å². The summed E-state index contributed by atoms with van der Waals surface area (Å²) in [4.78, 5) is 25.4. The molecule has 0 spiro atoms. The van der Waals surface area contributed by atoms with Crippen LogP contribution >= 0.6 is 0 Å². The Balaban J connectivity index is 2.41. The Morgan fingerprint density at radius 2 is 1.87 bits per heavy atom. The lowest BCUT2D eigenvalue weighted by Crippen LogP contribution is -2.47. The summed E-state index contributed by atoms with van der Waals surface area (Å²) in [7, 11) is -1.23. The van der Waals surface area contributed by atoms with Crippen LogP contribution < -0.4 is 11.1 Å². The second-order valence-corrected chi connectivity index (χ2v) is 13.9. The highest BCUT2D eigenvalue weighted by Crippen LogP contribution is 2.15. The number of carbonyl (C=O) groups excluding carboxylic acids is 2. The second kappa shape index (κ2) is 7.52. The molecule has 0 saturated carbocycles. The summed E-state index contributed by atoms with van der Waals surface area (Å²) in [6, 6.07) is 0.273. The zero-order valence-electron chi connectivity index (χ0n) is 15.1. The number of alkyl carbamates (subject to hydrolysis) is 1. The third-order valence-electron chi connectivity index (χ3n) is 3.41. The van der Waals surface area contributed by atoms with E-state index in [0.717, 1.165) is 6.04 Å². The third-order valence-corrected chi connectivity index (χ3v) is 5.11. The summed E-state index contributed by atoms with van der Waals surface area (Å²) in [5.41, 5.74) is 5.45. The SMILES string of the molecule is CC(C)(C)OC(=O)N1CC(N)C(NC(=O)OCC[Si](C)(C)C)C1. The van der Waals surface area contributed by atoms with Crippen LogP contribution in [0.25, 0.3) is 0 Å². The molecule has 0 radical (unpaired) electrons. The number of nitrogens with zero attached hydrogens (tertiary/aromatic N) is 1. The van der Waals surface area contributed by atoms with Crippen molar-refractivity contribution in [1.29, 1.82) is 0 Å². The molecule has 1 heterocycles. The van der Waals surface area contributed by atoms with Crippen molar-refractivity contribution >= 4 is 20.3 Å². The first-order valence-corrected chi connectivity index (χ1v) is 11.7. The van der Waals surface area contributed by atoms with Crippen molar-refractivity contribution in [3.05, 3.63) is 0 Å². The van der Waals surface area contributed by atoms with Crippen molar-refractivity contribution in [3.63, 3.8) is 0 Å². The van der Waals surface area contributed by atoms with Crippen molar-refractivity contribution in [2.75, 3.05) is 19.7 Å². The molecule has 1 aliphatic rings. The molecule has 1 aliphatic heterocycles. The fourth-order valence-electron chi connectivity index (χ4n) is 2.10. The molecule has 0 aliphatic carbocycles. The lowest BCUT2D eigenvalue weighted by Gasteiger charge is -2.24. The second-order valence-electron chi connectivity index (χ2n) is 8.25. The molecule has 2 amide bonds. The maximum Gasteiger partial charge on any atom is 0.410 e. The van der Waals surface area contributed by atoms with Gasteiger partial charge < -0.3 is 25.4 Å². The van der Waals surface area contributed by atoms with E-state index in [9.17, 15) is 9.59 Å². The number of ether oxygens (including phenoxy) is 2. The first kappa shape index (κ1) is 19.8. The molecule has 7 nitrogen and oxygen atoms in total. The van der Waals surface area contributed by atoms with Crippen LogP contribution in [0.5, 0.6) is 0 Å². The van der Waals surface area contributed by atoms with Gasteiger partial charge in [-0.05, 0) is 26.8 Å². The zero-order chi connectivity index (χ0) is 17.8. The van der Waals surface area contributed by atoms with E-state index in [-0.39, 0.29) is 12.1 Å². The topological polar surface area (TPSA) is 93.9 Å². The number of hydrogen-bond donors (Lipinski definition) is 2. The number of nitrogens with two attached hydrogens (primary N) is 1. The van der Waals surface area contributed by atoms with Crippen LogP contribution in [-0.4, -0.2) is 62.5 Å². The number of carbonyl (C=O) groups is 2. The molecular formula is C15H31N3O4Si. The van der Waals surface area contributed by atoms with Crippen LogP contribution in [0.3, 0.4) is 0 Å². The minimum absolute atomic E-state index is 0.318. The van der Waals surface area contributed by atoms with Gasteiger partial charge >= 0.3 is 12.2 Å². The Kier molecular flexibility index (Phi) is 6.47. The van der Waals surface area contributed by atoms with Gasteiger partial charge in [-0.3, -0.25) is 0 Å². The molecule has 0 aromatic rings. The Bertz CT molecular complexity index is 431. The van der Waals surface area contributed by atoms with Crippen molar-refractivity contribution in [2.45, 2.75) is 64.1 Å². The summed E-state index contributed by atoms with van der Waals surface area (Å²) in [6.07, 6.45) is -0.890. The van der Waals surface area contributed by atoms with Crippen LogP contribution in [0.2, 0.25) is 25.7 Å². The Labute approximate surface area is 139 Å². The predicted molar refractivity (Wildman–Crippen MR) is 92.2 cm³/mol. The zero-order valence-corrected chi connectivity index (χ0v) is 16.1. The van der Waals surface area contributed by atoms with Crippen molar-refractivity contribution in [3.8, 4) is 0 Å². The molecule has 0 bridgehead atoms. The monoisotopic (exact) mass is 345 g/mol. The average Bonchev–Trinajstić information content (AvgIpc) is 2.67. The first-order valence-electron chi connectivity index (χ1n) is 8.04. The maximum atomic E-state index is 12.0. The molecule has 134 valence electrons. The molecule has 2 unspecified atom stereocenters. The van der Waals surface area contributed by atoms with Crippen LogP contribution in [0, 0.1) is 0 Å². The third kappa shape index (κ3) is 7.69. The van der Waals surface area contributed by atoms with Gasteiger partial charge in [-0.1, -0.05) is 19.6 Å². The molecular weight excluding hydrogens is 314 g/mol. The lowest BCUT2D eigenvalue weighted by molar-refractivity contribution is 0.0288. The lowest BCUT2D eigenvalue weighted by atomic mass is 10.2. The molecule has 1 saturated heterocycles. The minimum atomic E-state index is -1.23. The number of likely N-dealkylation sites (tertiary alicyclic amines) is 1. The highest BCUT2D eigenvalue weighted by Gasteiger charge is 2.36. The molecule has 8 heteroatoms. The molecule has 0 aromatic heterocycles. The van der Waals surface area contributed by atoms with E-state index >= 15 is 0 Å². The van der Waals surface area contributed by atoms with Gasteiger partial charge in [-0.15, -0.1) is 0 Å². The minimum Gasteiger partial charge on any atom is -0.450 e. The van der Waals surface area contributed by atoms with Gasteiger partial charge in [-0.2, -0.15) is 0 Å². The van der Waals surface area contributed by atoms with Crippen molar-refractivity contribution in [1.82, 2.24) is 10.2 Å². The molecule has 0 aromatic carbocycles. The molecule has 1 fully saturated rings. The maximum absolute atomic E-state index is 12.0. The summed E-state index contributed by atoms with van der Waals surface area (Å²) in [6.45, 7) is 13.2. The summed E-state index contributed by atoms with van der Waals surface area (Å²) in [5, 5.41) is 2.74. The van der Waals surface area contributed by atoms with Gasteiger partial charge in [0.15, 0.2) is 0 Å². The summed E-state index contributed by atoms with van der Waals surface area (Å²) < 4.78 is 10.5. The number of amides is 2. The van der Waals surface area contributed by atoms with E-state index in [4.69, 9.17) is 15.2 Å². The first-order chi connectivity index (χ1) is 10.4. The number of nitrogens with one attached hydrogen (secondary N) is 1. The van der Waals surface area contributed by atoms with Crippen molar-refractivity contribution < 1.29 is 19.1 Å². The van der Waals surface area contributed by atoms with Crippen LogP contribution in [0.1, 0.15) is 20.8 Å². The predicted octanol–water partition coefficient (Wildman–Crippen LogP) is 2.00. The fourth-order valence-corrected chi connectivity index (χ4v) is 2.81. The van der Waals surface area contributed by atoms with Gasteiger partial charge in [-0.25, -0.2) is 9.59 Å². The van der Waals surface area contributed by atoms with Gasteiger partial charge in [0.05, 0.1) is 12.6 Å². The number of rotatable bonds is 4. The van der Waals surface area contributed by atoms with E-state index in [2.05, 4.69) is 25.0 Å². The summed E-state index contributed by atoms with van der Waals surface area (Å²) in [5.74, 6) is 0. The van der Waals surface area contributed by atoms with E-state index in [1.54, 1.807) is 0 Å². The van der Waals surface area contributed by atoms with E-state index < -0.39 is 25.9 Å². The van der Waals surface area contributed by atoms with E-state index in [1.807, 2.05) is 20.8 Å². The van der Waals surface area contributed by atoms with Gasteiger partial charge in [0, 0.05) is 27.2 Å². The molecule has 3 N–H and O–H groups in total. The quantitative estimate of drug-likeness (QED) is 0.760. The van der Waals surface area contributed by atoms with Gasteiger partial charge in [0.2, 0.25) is 0 Å². The molecule has 2 atom stereocenters. The van der Waals surface area contributed by atoms with E-state index in [1.165, 1.54) is 4.90 Å². The van der Waals surface area contributed by atoms with Crippen molar-refractivity contribution in [2.24, 2.45) is 5.73 Å². The average molecular weight is 346 g/mol. The van der Waals surface area contributed by atoms with Gasteiger partial charge in [0.25, 0.3) is 0 Å². The smallest absolute Gasteiger partial charge is 0.410 e.